The number of nitrogens with one attached hydrogen (secondary N) is 1. The fourth-order valence-electron chi connectivity index (χ4n) is 4.18. The summed E-state index contributed by atoms with van der Waals surface area (Å²) in [6, 6.07) is 16.4. The number of halogens is 1. The summed E-state index contributed by atoms with van der Waals surface area (Å²) in [4.78, 5) is 31.0. The van der Waals surface area contributed by atoms with Crippen molar-refractivity contribution in [1.82, 2.24) is 19.3 Å². The van der Waals surface area contributed by atoms with Gasteiger partial charge in [-0.2, -0.15) is 4.68 Å². The van der Waals surface area contributed by atoms with Crippen LogP contribution < -0.4 is 10.9 Å². The lowest BCUT2D eigenvalue weighted by molar-refractivity contribution is -0.115. The summed E-state index contributed by atoms with van der Waals surface area (Å²) in [5, 5.41) is 8.42. The van der Waals surface area contributed by atoms with Gasteiger partial charge in [0.05, 0.1) is 10.9 Å². The van der Waals surface area contributed by atoms with Gasteiger partial charge < -0.3 is 9.88 Å². The van der Waals surface area contributed by atoms with Gasteiger partial charge in [0, 0.05) is 22.9 Å². The van der Waals surface area contributed by atoms with E-state index in [1.165, 1.54) is 16.4 Å². The minimum Gasteiger partial charge on any atom is -0.325 e. The first-order chi connectivity index (χ1) is 16.5. The molecule has 9 heteroatoms. The van der Waals surface area contributed by atoms with Gasteiger partial charge in [0.25, 0.3) is 5.56 Å². The van der Waals surface area contributed by atoms with Crippen LogP contribution in [0.25, 0.3) is 17.1 Å². The van der Waals surface area contributed by atoms with Crippen molar-refractivity contribution >= 4 is 35.0 Å². The predicted octanol–water partition coefficient (Wildman–Crippen LogP) is 5.03. The van der Waals surface area contributed by atoms with Crippen molar-refractivity contribution in [2.75, 3.05) is 5.32 Å². The number of fused-ring (bicyclic) bond motifs is 3. The standard InChI is InChI=1S/C25H24ClN5O2S/c1-16(23(32)27-18-13-11-17(26)12-14-18)34-25-28-22-21(20-10-6-3-7-15-30(20)25)24(33)31(29-22)19-8-4-2-5-9-19/h2,4-5,8-9,11-14,16H,3,6-7,10,15H2,1H3,(H,27,32)/t16-/m1/s1. The second kappa shape index (κ2) is 9.64. The number of rotatable bonds is 5. The van der Waals surface area contributed by atoms with Gasteiger partial charge in [-0.1, -0.05) is 48.0 Å². The number of hydrogen-bond acceptors (Lipinski definition) is 5. The smallest absolute Gasteiger partial charge is 0.284 e. The molecule has 0 spiro atoms. The molecule has 3 aliphatic rings. The second-order valence-corrected chi connectivity index (χ2v) is 10.1. The third-order valence-corrected chi connectivity index (χ3v) is 7.27. The molecule has 0 fully saturated rings. The zero-order valence-corrected chi connectivity index (χ0v) is 20.3. The Kier molecular flexibility index (Phi) is 6.43. The van der Waals surface area contributed by atoms with Gasteiger partial charge in [-0.25, -0.2) is 4.98 Å². The van der Waals surface area contributed by atoms with Crippen LogP contribution in [0.3, 0.4) is 0 Å². The zero-order chi connectivity index (χ0) is 23.7. The zero-order valence-electron chi connectivity index (χ0n) is 18.7. The Bertz CT molecular complexity index is 1350. The summed E-state index contributed by atoms with van der Waals surface area (Å²) >= 11 is 7.33. The van der Waals surface area contributed by atoms with Crippen molar-refractivity contribution in [1.29, 1.82) is 0 Å². The molecule has 34 heavy (non-hydrogen) atoms. The number of benzene rings is 2. The van der Waals surface area contributed by atoms with Crippen molar-refractivity contribution in [2.24, 2.45) is 0 Å². The van der Waals surface area contributed by atoms with E-state index < -0.39 is 5.25 Å². The average molecular weight is 494 g/mol. The Balaban J connectivity index is 1.51. The number of nitrogens with zero attached hydrogens (tertiary/aromatic N) is 4. The quantitative estimate of drug-likeness (QED) is 0.311. The first kappa shape index (κ1) is 22.7. The van der Waals surface area contributed by atoms with Crippen LogP contribution in [0.4, 0.5) is 5.69 Å². The number of hydrogen-bond donors (Lipinski definition) is 1. The largest absolute Gasteiger partial charge is 0.325 e. The molecular weight excluding hydrogens is 470 g/mol. The third-order valence-electron chi connectivity index (χ3n) is 5.93. The number of thioether (sulfide) groups is 1. The highest BCUT2D eigenvalue weighted by Crippen LogP contribution is 2.32. The van der Waals surface area contributed by atoms with E-state index in [1.807, 2.05) is 37.3 Å². The van der Waals surface area contributed by atoms with Crippen LogP contribution in [0.2, 0.25) is 5.02 Å². The molecule has 0 saturated carbocycles. The van der Waals surface area contributed by atoms with Gasteiger partial charge >= 0.3 is 0 Å². The number of para-hydroxylation sites is 1. The van der Waals surface area contributed by atoms with E-state index in [0.717, 1.165) is 37.9 Å². The van der Waals surface area contributed by atoms with Gasteiger partial charge in [-0.05, 0) is 62.6 Å². The topological polar surface area (TPSA) is 81.8 Å². The Hall–Kier alpha value is -3.10. The van der Waals surface area contributed by atoms with Crippen molar-refractivity contribution in [2.45, 2.75) is 49.6 Å². The van der Waals surface area contributed by atoms with Crippen LogP contribution in [0.15, 0.2) is 64.5 Å². The fourth-order valence-corrected chi connectivity index (χ4v) is 5.25. The van der Waals surface area contributed by atoms with E-state index in [-0.39, 0.29) is 11.5 Å². The summed E-state index contributed by atoms with van der Waals surface area (Å²) in [5.41, 5.74) is 2.79. The average Bonchev–Trinajstić information content (AvgIpc) is 3.01. The minimum absolute atomic E-state index is 0.128. The van der Waals surface area contributed by atoms with Crippen LogP contribution in [0.5, 0.6) is 0 Å². The number of carbonyl (C=O) groups excluding carboxylic acids is 1. The van der Waals surface area contributed by atoms with Gasteiger partial charge in [0.2, 0.25) is 5.91 Å². The maximum absolute atomic E-state index is 13.3. The van der Waals surface area contributed by atoms with E-state index in [4.69, 9.17) is 16.6 Å². The molecule has 1 N–H and O–H groups in total. The molecule has 3 heterocycles. The first-order valence-corrected chi connectivity index (χ1v) is 12.6. The number of anilines is 1. The molecule has 2 aromatic rings. The van der Waals surface area contributed by atoms with Gasteiger partial charge in [-0.3, -0.25) is 9.59 Å². The molecule has 0 aliphatic carbocycles. The van der Waals surface area contributed by atoms with Crippen LogP contribution in [-0.4, -0.2) is 30.5 Å². The molecule has 3 aliphatic heterocycles. The molecule has 0 aromatic heterocycles. The molecule has 174 valence electrons. The number of amides is 1. The van der Waals surface area contributed by atoms with Crippen LogP contribution in [0, 0.1) is 0 Å². The number of aromatic nitrogens is 4. The molecule has 5 rings (SSSR count). The minimum atomic E-state index is -0.400. The van der Waals surface area contributed by atoms with E-state index in [0.29, 0.717) is 32.9 Å². The van der Waals surface area contributed by atoms with Crippen molar-refractivity contribution in [3.05, 3.63) is 75.7 Å². The predicted molar refractivity (Wildman–Crippen MR) is 135 cm³/mol. The molecule has 7 nitrogen and oxygen atoms in total. The van der Waals surface area contributed by atoms with Crippen LogP contribution in [0.1, 0.15) is 31.9 Å². The van der Waals surface area contributed by atoms with E-state index in [9.17, 15) is 9.59 Å². The third kappa shape index (κ3) is 4.48. The van der Waals surface area contributed by atoms with Gasteiger partial charge in [0.1, 0.15) is 5.56 Å². The lowest BCUT2D eigenvalue weighted by Gasteiger charge is -2.19. The SMILES string of the molecule is C[C@@H](Sc1nc2nn(-c3ccccc3)c(=O)c-2c2n1CCCCC2)C(=O)Nc1ccc(Cl)cc1. The fraction of sp³-hybridized carbons (Fsp3) is 0.280. The molecule has 0 saturated heterocycles. The Morgan fingerprint density at radius 2 is 1.85 bits per heavy atom. The highest BCUT2D eigenvalue weighted by atomic mass is 35.5. The molecule has 2 aromatic carbocycles. The van der Waals surface area contributed by atoms with Crippen LogP contribution in [-0.2, 0) is 17.8 Å². The Morgan fingerprint density at radius 1 is 1.09 bits per heavy atom. The van der Waals surface area contributed by atoms with Crippen molar-refractivity contribution in [3.63, 3.8) is 0 Å². The summed E-state index contributed by atoms with van der Waals surface area (Å²) < 4.78 is 3.54. The van der Waals surface area contributed by atoms with E-state index in [2.05, 4.69) is 15.0 Å². The molecule has 1 atom stereocenters. The van der Waals surface area contributed by atoms with E-state index >= 15 is 0 Å². The maximum Gasteiger partial charge on any atom is 0.284 e. The van der Waals surface area contributed by atoms with Crippen molar-refractivity contribution in [3.8, 4) is 17.1 Å². The van der Waals surface area contributed by atoms with E-state index in [1.54, 1.807) is 24.3 Å². The first-order valence-electron chi connectivity index (χ1n) is 11.3. The highest BCUT2D eigenvalue weighted by Gasteiger charge is 2.28. The molecule has 0 unspecified atom stereocenters. The second-order valence-electron chi connectivity index (χ2n) is 8.31. The molecule has 0 radical (unpaired) electrons. The Labute approximate surface area is 206 Å². The summed E-state index contributed by atoms with van der Waals surface area (Å²) in [6.45, 7) is 2.62. The summed E-state index contributed by atoms with van der Waals surface area (Å²) in [7, 11) is 0. The maximum atomic E-state index is 13.3. The highest BCUT2D eigenvalue weighted by molar-refractivity contribution is 8.00. The van der Waals surface area contributed by atoms with Crippen LogP contribution >= 0.6 is 23.4 Å². The molecule has 0 bridgehead atoms. The monoisotopic (exact) mass is 493 g/mol. The lowest BCUT2D eigenvalue weighted by atomic mass is 10.1. The van der Waals surface area contributed by atoms with Crippen molar-refractivity contribution < 1.29 is 4.79 Å². The normalized spacial score (nSPS) is 14.4. The van der Waals surface area contributed by atoms with Gasteiger partial charge in [-0.15, -0.1) is 5.10 Å². The lowest BCUT2D eigenvalue weighted by Crippen LogP contribution is -2.24. The Morgan fingerprint density at radius 3 is 2.62 bits per heavy atom. The summed E-state index contributed by atoms with van der Waals surface area (Å²) in [6.07, 6.45) is 3.88. The molecule has 1 amide bonds. The summed E-state index contributed by atoms with van der Waals surface area (Å²) in [5.74, 6) is 0.298. The molecular formula is C25H24ClN5O2S. The number of carbonyl (C=O) groups is 1. The van der Waals surface area contributed by atoms with Gasteiger partial charge in [0.15, 0.2) is 11.0 Å².